The van der Waals surface area contributed by atoms with Crippen molar-refractivity contribution in [3.63, 3.8) is 0 Å². The first kappa shape index (κ1) is 20.6. The SMILES string of the molecule is CCCOc1c(Cl)cc(C(=O)Nc2cccc(C(=O)N(C)C)c2)cc1OC. The predicted octanol–water partition coefficient (Wildman–Crippen LogP) is 4.09. The number of benzene rings is 2. The van der Waals surface area contributed by atoms with Gasteiger partial charge in [-0.3, -0.25) is 9.59 Å². The Hall–Kier alpha value is -2.73. The first-order chi connectivity index (χ1) is 12.9. The van der Waals surface area contributed by atoms with Crippen molar-refractivity contribution in [1.29, 1.82) is 0 Å². The van der Waals surface area contributed by atoms with Gasteiger partial charge >= 0.3 is 0 Å². The summed E-state index contributed by atoms with van der Waals surface area (Å²) in [6.07, 6.45) is 0.823. The number of rotatable bonds is 7. The predicted molar refractivity (Wildman–Crippen MR) is 106 cm³/mol. The fourth-order valence-corrected chi connectivity index (χ4v) is 2.65. The van der Waals surface area contributed by atoms with Crippen molar-refractivity contribution in [2.45, 2.75) is 13.3 Å². The highest BCUT2D eigenvalue weighted by Crippen LogP contribution is 2.36. The number of nitrogens with zero attached hydrogens (tertiary/aromatic N) is 1. The van der Waals surface area contributed by atoms with Crippen molar-refractivity contribution in [3.05, 3.63) is 52.5 Å². The third kappa shape index (κ3) is 5.14. The van der Waals surface area contributed by atoms with Crippen LogP contribution in [-0.4, -0.2) is 44.5 Å². The first-order valence-corrected chi connectivity index (χ1v) is 8.88. The highest BCUT2D eigenvalue weighted by molar-refractivity contribution is 6.32. The number of halogens is 1. The van der Waals surface area contributed by atoms with E-state index >= 15 is 0 Å². The second-order valence-corrected chi connectivity index (χ2v) is 6.48. The smallest absolute Gasteiger partial charge is 0.255 e. The highest BCUT2D eigenvalue weighted by atomic mass is 35.5. The van der Waals surface area contributed by atoms with Gasteiger partial charge < -0.3 is 19.7 Å². The molecule has 7 heteroatoms. The van der Waals surface area contributed by atoms with Gasteiger partial charge in [-0.2, -0.15) is 0 Å². The molecule has 144 valence electrons. The van der Waals surface area contributed by atoms with Gasteiger partial charge in [0.25, 0.3) is 11.8 Å². The van der Waals surface area contributed by atoms with Crippen molar-refractivity contribution in [3.8, 4) is 11.5 Å². The Morgan fingerprint density at radius 2 is 1.89 bits per heavy atom. The summed E-state index contributed by atoms with van der Waals surface area (Å²) < 4.78 is 10.9. The number of hydrogen-bond donors (Lipinski definition) is 1. The lowest BCUT2D eigenvalue weighted by Gasteiger charge is -2.14. The van der Waals surface area contributed by atoms with E-state index in [1.807, 2.05) is 6.92 Å². The van der Waals surface area contributed by atoms with Crippen LogP contribution in [0.2, 0.25) is 5.02 Å². The molecular weight excluding hydrogens is 368 g/mol. The van der Waals surface area contributed by atoms with Crippen LogP contribution in [0.15, 0.2) is 36.4 Å². The van der Waals surface area contributed by atoms with Gasteiger partial charge in [-0.15, -0.1) is 0 Å². The molecule has 0 fully saturated rings. The molecule has 0 aliphatic rings. The Labute approximate surface area is 164 Å². The van der Waals surface area contributed by atoms with Gasteiger partial charge in [-0.1, -0.05) is 24.6 Å². The van der Waals surface area contributed by atoms with Gasteiger partial charge in [0.2, 0.25) is 0 Å². The van der Waals surface area contributed by atoms with Gasteiger partial charge in [0.1, 0.15) is 0 Å². The van der Waals surface area contributed by atoms with E-state index in [0.717, 1.165) is 6.42 Å². The molecule has 0 saturated heterocycles. The van der Waals surface area contributed by atoms with Gasteiger partial charge in [-0.05, 0) is 36.8 Å². The number of carbonyl (C=O) groups is 2. The van der Waals surface area contributed by atoms with Crippen molar-refractivity contribution in [1.82, 2.24) is 4.90 Å². The molecule has 0 aromatic heterocycles. The van der Waals surface area contributed by atoms with E-state index in [4.69, 9.17) is 21.1 Å². The number of amides is 2. The van der Waals surface area contributed by atoms with Crippen LogP contribution in [0, 0.1) is 0 Å². The van der Waals surface area contributed by atoms with Crippen LogP contribution in [0.25, 0.3) is 0 Å². The summed E-state index contributed by atoms with van der Waals surface area (Å²) in [5.74, 6) is 0.286. The van der Waals surface area contributed by atoms with Crippen molar-refractivity contribution in [2.24, 2.45) is 0 Å². The summed E-state index contributed by atoms with van der Waals surface area (Å²) in [5.41, 5.74) is 1.32. The fourth-order valence-electron chi connectivity index (χ4n) is 2.39. The lowest BCUT2D eigenvalue weighted by Crippen LogP contribution is -2.22. The lowest BCUT2D eigenvalue weighted by atomic mass is 10.1. The minimum absolute atomic E-state index is 0.145. The maximum Gasteiger partial charge on any atom is 0.255 e. The number of anilines is 1. The highest BCUT2D eigenvalue weighted by Gasteiger charge is 2.16. The van der Waals surface area contributed by atoms with Gasteiger partial charge in [0, 0.05) is 30.9 Å². The molecule has 0 saturated carbocycles. The minimum Gasteiger partial charge on any atom is -0.493 e. The molecule has 0 bridgehead atoms. The molecule has 0 unspecified atom stereocenters. The zero-order valence-corrected chi connectivity index (χ0v) is 16.6. The molecule has 0 heterocycles. The maximum absolute atomic E-state index is 12.6. The van der Waals surface area contributed by atoms with Crippen LogP contribution in [0.4, 0.5) is 5.69 Å². The lowest BCUT2D eigenvalue weighted by molar-refractivity contribution is 0.0827. The number of carbonyl (C=O) groups excluding carboxylic acids is 2. The quantitative estimate of drug-likeness (QED) is 0.773. The summed E-state index contributed by atoms with van der Waals surface area (Å²) in [5, 5.41) is 3.06. The Bertz CT molecular complexity index is 837. The molecule has 0 radical (unpaired) electrons. The number of nitrogens with one attached hydrogen (secondary N) is 1. The molecule has 1 N–H and O–H groups in total. The van der Waals surface area contributed by atoms with Gasteiger partial charge in [0.15, 0.2) is 11.5 Å². The molecule has 2 aromatic rings. The number of methoxy groups -OCH3 is 1. The molecule has 2 aromatic carbocycles. The van der Waals surface area contributed by atoms with E-state index in [9.17, 15) is 9.59 Å². The normalized spacial score (nSPS) is 10.3. The Morgan fingerprint density at radius 3 is 2.52 bits per heavy atom. The van der Waals surface area contributed by atoms with Crippen LogP contribution in [0.5, 0.6) is 11.5 Å². The third-order valence-corrected chi connectivity index (χ3v) is 4.00. The van der Waals surface area contributed by atoms with Crippen LogP contribution < -0.4 is 14.8 Å². The molecular formula is C20H23ClN2O4. The Morgan fingerprint density at radius 1 is 1.15 bits per heavy atom. The molecule has 6 nitrogen and oxygen atoms in total. The molecule has 0 aliphatic heterocycles. The van der Waals surface area contributed by atoms with Crippen molar-refractivity contribution < 1.29 is 19.1 Å². The van der Waals surface area contributed by atoms with Crippen LogP contribution in [-0.2, 0) is 0 Å². The zero-order valence-electron chi connectivity index (χ0n) is 15.8. The molecule has 0 aliphatic carbocycles. The largest absolute Gasteiger partial charge is 0.493 e. The van der Waals surface area contributed by atoms with E-state index in [-0.39, 0.29) is 11.8 Å². The summed E-state index contributed by atoms with van der Waals surface area (Å²) >= 11 is 6.26. The van der Waals surface area contributed by atoms with E-state index in [1.54, 1.807) is 44.4 Å². The summed E-state index contributed by atoms with van der Waals surface area (Å²) in [6, 6.07) is 9.83. The molecule has 0 atom stereocenters. The number of ether oxygens (including phenoxy) is 2. The zero-order chi connectivity index (χ0) is 20.0. The van der Waals surface area contributed by atoms with Crippen molar-refractivity contribution >= 4 is 29.1 Å². The first-order valence-electron chi connectivity index (χ1n) is 8.50. The van der Waals surface area contributed by atoms with Crippen LogP contribution in [0.3, 0.4) is 0 Å². The minimum atomic E-state index is -0.369. The average Bonchev–Trinajstić information content (AvgIpc) is 2.65. The molecule has 2 amide bonds. The molecule has 0 spiro atoms. The Kier molecular flexibility index (Phi) is 7.07. The molecule has 27 heavy (non-hydrogen) atoms. The van der Waals surface area contributed by atoms with E-state index < -0.39 is 0 Å². The average molecular weight is 391 g/mol. The van der Waals surface area contributed by atoms with Crippen molar-refractivity contribution in [2.75, 3.05) is 33.1 Å². The standard InChI is InChI=1S/C20H23ClN2O4/c1-5-9-27-18-16(21)11-14(12-17(18)26-4)19(24)22-15-8-6-7-13(10-15)20(25)23(2)3/h6-8,10-12H,5,9H2,1-4H3,(H,22,24). The maximum atomic E-state index is 12.6. The van der Waals surface area contributed by atoms with Crippen LogP contribution in [0.1, 0.15) is 34.1 Å². The number of hydrogen-bond acceptors (Lipinski definition) is 4. The summed E-state index contributed by atoms with van der Waals surface area (Å²) in [4.78, 5) is 26.2. The second-order valence-electron chi connectivity index (χ2n) is 6.07. The van der Waals surface area contributed by atoms with Gasteiger partial charge in [0.05, 0.1) is 18.7 Å². The fraction of sp³-hybridized carbons (Fsp3) is 0.300. The summed E-state index contributed by atoms with van der Waals surface area (Å²) in [6.45, 7) is 2.48. The monoisotopic (exact) mass is 390 g/mol. The topological polar surface area (TPSA) is 67.9 Å². The van der Waals surface area contributed by atoms with E-state index in [2.05, 4.69) is 5.32 Å². The summed E-state index contributed by atoms with van der Waals surface area (Å²) in [7, 11) is 4.83. The molecule has 2 rings (SSSR count). The van der Waals surface area contributed by atoms with E-state index in [0.29, 0.717) is 39.9 Å². The third-order valence-electron chi connectivity index (χ3n) is 3.72. The second kappa shape index (κ2) is 9.28. The van der Waals surface area contributed by atoms with E-state index in [1.165, 1.54) is 18.1 Å². The van der Waals surface area contributed by atoms with Gasteiger partial charge in [-0.25, -0.2) is 0 Å². The van der Waals surface area contributed by atoms with Crippen LogP contribution >= 0.6 is 11.6 Å². The Balaban J connectivity index is 2.24.